The predicted octanol–water partition coefficient (Wildman–Crippen LogP) is 3.46. The average molecular weight is 759 g/mol. The maximum atomic E-state index is 13.7. The maximum absolute atomic E-state index is 13.7. The summed E-state index contributed by atoms with van der Waals surface area (Å²) in [7, 11) is 2.99. The van der Waals surface area contributed by atoms with Gasteiger partial charge in [0.2, 0.25) is 23.6 Å². The van der Waals surface area contributed by atoms with E-state index in [0.717, 1.165) is 5.56 Å². The molecule has 5 amide bonds. The first-order valence-electron chi connectivity index (χ1n) is 18.6. The second-order valence-corrected chi connectivity index (χ2v) is 14.0. The van der Waals surface area contributed by atoms with Crippen LogP contribution in [0.3, 0.4) is 0 Å². The molecule has 0 saturated carbocycles. The lowest BCUT2D eigenvalue weighted by molar-refractivity contribution is -0.138. The first kappa shape index (κ1) is 42.1. The molecule has 0 spiro atoms. The molecule has 5 rings (SSSR count). The van der Waals surface area contributed by atoms with Crippen LogP contribution in [0.5, 0.6) is 23.0 Å². The fourth-order valence-corrected chi connectivity index (χ4v) is 6.15. The first-order valence-corrected chi connectivity index (χ1v) is 18.6. The number of nitrogens with one attached hydrogen (secondary N) is 4. The number of hydrogen-bond acceptors (Lipinski definition) is 9. The van der Waals surface area contributed by atoms with Gasteiger partial charge in [-0.2, -0.15) is 0 Å². The van der Waals surface area contributed by atoms with Crippen molar-refractivity contribution in [1.29, 1.82) is 0 Å². The summed E-state index contributed by atoms with van der Waals surface area (Å²) < 4.78 is 17.2. The van der Waals surface area contributed by atoms with Gasteiger partial charge in [-0.1, -0.05) is 44.2 Å². The molecule has 4 bridgehead atoms. The lowest BCUT2D eigenvalue weighted by Gasteiger charge is -2.27. The Balaban J connectivity index is 1.61. The average Bonchev–Trinajstić information content (AvgIpc) is 3.17. The van der Waals surface area contributed by atoms with Crippen LogP contribution >= 0.6 is 0 Å². The number of carbonyl (C=O) groups excluding carboxylic acids is 5. The number of benzene rings is 3. The van der Waals surface area contributed by atoms with Gasteiger partial charge < -0.3 is 46.1 Å². The smallest absolute Gasteiger partial charge is 0.251 e. The van der Waals surface area contributed by atoms with Crippen LogP contribution in [0.4, 0.5) is 0 Å². The van der Waals surface area contributed by atoms with E-state index in [1.807, 2.05) is 44.2 Å². The van der Waals surface area contributed by atoms with Crippen LogP contribution in [0.2, 0.25) is 0 Å². The molecule has 14 heteroatoms. The van der Waals surface area contributed by atoms with E-state index < -0.39 is 35.8 Å². The van der Waals surface area contributed by atoms with Crippen molar-refractivity contribution in [1.82, 2.24) is 26.2 Å². The van der Waals surface area contributed by atoms with Gasteiger partial charge >= 0.3 is 0 Å². The minimum atomic E-state index is -1.00. The summed E-state index contributed by atoms with van der Waals surface area (Å²) in [5, 5.41) is 11.3. The van der Waals surface area contributed by atoms with Crippen LogP contribution in [0.1, 0.15) is 67.9 Å². The molecule has 296 valence electrons. The SMILES string of the molecule is COc1cc2ccc1CNC(=O)[C@H](C)NC(=O)[C@H](CCc1ccccc1)NC(=O)CN(C(=O)[C@@H](N)CC(C)C)CCCCNC(=O)c1ccc(OC)c(c1)O2. The second kappa shape index (κ2) is 20.7. The van der Waals surface area contributed by atoms with Gasteiger partial charge in [0, 0.05) is 36.8 Å². The Hall–Kier alpha value is -5.63. The monoisotopic (exact) mass is 758 g/mol. The molecule has 2 aliphatic rings. The van der Waals surface area contributed by atoms with Gasteiger partial charge in [0.15, 0.2) is 11.5 Å². The van der Waals surface area contributed by atoms with E-state index in [4.69, 9.17) is 19.9 Å². The van der Waals surface area contributed by atoms with Crippen molar-refractivity contribution in [3.05, 3.63) is 83.4 Å². The zero-order valence-corrected chi connectivity index (χ0v) is 32.3. The second-order valence-electron chi connectivity index (χ2n) is 14.0. The van der Waals surface area contributed by atoms with Crippen LogP contribution in [-0.2, 0) is 32.1 Å². The summed E-state index contributed by atoms with van der Waals surface area (Å²) in [5.74, 6) is -0.530. The highest BCUT2D eigenvalue weighted by Crippen LogP contribution is 2.35. The molecule has 0 aliphatic carbocycles. The number of ether oxygens (including phenoxy) is 3. The zero-order chi connectivity index (χ0) is 39.9. The van der Waals surface area contributed by atoms with Gasteiger partial charge in [0.1, 0.15) is 23.6 Å². The molecular weight excluding hydrogens is 704 g/mol. The van der Waals surface area contributed by atoms with Gasteiger partial charge in [-0.15, -0.1) is 0 Å². The highest BCUT2D eigenvalue weighted by atomic mass is 16.5. The molecule has 55 heavy (non-hydrogen) atoms. The largest absolute Gasteiger partial charge is 0.496 e. The van der Waals surface area contributed by atoms with Crippen molar-refractivity contribution in [3.8, 4) is 23.0 Å². The summed E-state index contributed by atoms with van der Waals surface area (Å²) in [6.45, 7) is 5.75. The van der Waals surface area contributed by atoms with Gasteiger partial charge in [-0.05, 0) is 80.8 Å². The Bertz CT molecular complexity index is 1790. The van der Waals surface area contributed by atoms with Crippen LogP contribution in [0.15, 0.2) is 66.7 Å². The first-order chi connectivity index (χ1) is 26.4. The van der Waals surface area contributed by atoms with Crippen LogP contribution in [0.25, 0.3) is 0 Å². The van der Waals surface area contributed by atoms with Gasteiger partial charge in [0.25, 0.3) is 5.91 Å². The Morgan fingerprint density at radius 2 is 1.65 bits per heavy atom. The summed E-state index contributed by atoms with van der Waals surface area (Å²) in [6.07, 6.45) is 2.12. The highest BCUT2D eigenvalue weighted by molar-refractivity contribution is 5.95. The van der Waals surface area contributed by atoms with E-state index >= 15 is 0 Å². The number of rotatable bonds is 8. The number of hydrogen-bond donors (Lipinski definition) is 5. The summed E-state index contributed by atoms with van der Waals surface area (Å²) in [6, 6.07) is 16.7. The lowest BCUT2D eigenvalue weighted by Crippen LogP contribution is -2.55. The third kappa shape index (κ3) is 12.7. The summed E-state index contributed by atoms with van der Waals surface area (Å²) in [4.78, 5) is 68.6. The minimum absolute atomic E-state index is 0.0818. The Kier molecular flexibility index (Phi) is 15.9. The minimum Gasteiger partial charge on any atom is -0.496 e. The predicted molar refractivity (Wildman–Crippen MR) is 208 cm³/mol. The molecular formula is C41H54N6O8. The molecule has 2 heterocycles. The number of methoxy groups -OCH3 is 2. The van der Waals surface area contributed by atoms with Gasteiger partial charge in [-0.3, -0.25) is 24.0 Å². The van der Waals surface area contributed by atoms with E-state index in [2.05, 4.69) is 21.3 Å². The molecule has 0 radical (unpaired) electrons. The van der Waals surface area contributed by atoms with Crippen molar-refractivity contribution >= 4 is 29.5 Å². The van der Waals surface area contributed by atoms with Crippen LogP contribution in [-0.4, -0.2) is 86.4 Å². The summed E-state index contributed by atoms with van der Waals surface area (Å²) in [5.41, 5.74) is 8.25. The van der Waals surface area contributed by atoms with E-state index in [0.29, 0.717) is 66.4 Å². The standard InChI is InChI=1S/C41H54N6O8/c1-26(2)21-32(42)41(52)47-20-10-9-19-43-39(50)29-15-18-34(53-4)36(22-29)55-31-16-14-30(35(23-31)54-5)24-44-38(49)27(3)45-40(51)33(46-37(48)25-47)17-13-28-11-7-6-8-12-28/h6-8,11-12,14-16,18,22-23,26-27,32-33H,9-10,13,17,19-21,24-25,42H2,1-5H3,(H,43,50)(H,44,49)(H,45,51)(H,46,48)/t27-,32-,33-/m0/s1. The number of nitrogens with two attached hydrogens (primary N) is 1. The summed E-state index contributed by atoms with van der Waals surface area (Å²) >= 11 is 0. The van der Waals surface area contributed by atoms with Crippen LogP contribution in [0, 0.1) is 5.92 Å². The van der Waals surface area contributed by atoms with E-state index in [1.165, 1.54) is 19.1 Å². The van der Waals surface area contributed by atoms with Crippen molar-refractivity contribution in [3.63, 3.8) is 0 Å². The Morgan fingerprint density at radius 3 is 2.36 bits per heavy atom. The number of aryl methyl sites for hydroxylation is 1. The molecule has 3 aromatic rings. The number of carbonyl (C=O) groups is 5. The quantitative estimate of drug-likeness (QED) is 0.214. The third-order valence-electron chi connectivity index (χ3n) is 9.16. The van der Waals surface area contributed by atoms with Crippen molar-refractivity contribution in [2.75, 3.05) is 33.9 Å². The molecule has 3 aromatic carbocycles. The third-order valence-corrected chi connectivity index (χ3v) is 9.16. The maximum Gasteiger partial charge on any atom is 0.251 e. The van der Waals surface area contributed by atoms with E-state index in [1.54, 1.807) is 43.3 Å². The molecule has 2 aliphatic heterocycles. The molecule has 6 N–H and O–H groups in total. The number of fused-ring (bicyclic) bond motifs is 18. The fraction of sp³-hybridized carbons (Fsp3) is 0.439. The Morgan fingerprint density at radius 1 is 0.909 bits per heavy atom. The molecule has 0 unspecified atom stereocenters. The van der Waals surface area contributed by atoms with Gasteiger partial charge in [0.05, 0.1) is 26.8 Å². The molecule has 0 fully saturated rings. The van der Waals surface area contributed by atoms with Crippen LogP contribution < -0.4 is 41.2 Å². The molecule has 0 aromatic heterocycles. The van der Waals surface area contributed by atoms with E-state index in [-0.39, 0.29) is 43.8 Å². The number of nitrogens with zero attached hydrogens (tertiary/aromatic N) is 1. The number of amides is 5. The molecule has 14 nitrogen and oxygen atoms in total. The topological polar surface area (TPSA) is 190 Å². The van der Waals surface area contributed by atoms with Crippen molar-refractivity contribution < 1.29 is 38.2 Å². The fourth-order valence-electron chi connectivity index (χ4n) is 6.15. The molecule has 3 atom stereocenters. The normalized spacial score (nSPS) is 18.4. The Labute approximate surface area is 322 Å². The van der Waals surface area contributed by atoms with Gasteiger partial charge in [-0.25, -0.2) is 0 Å². The molecule has 0 saturated heterocycles. The van der Waals surface area contributed by atoms with E-state index in [9.17, 15) is 24.0 Å². The zero-order valence-electron chi connectivity index (χ0n) is 32.3. The highest BCUT2D eigenvalue weighted by Gasteiger charge is 2.28. The van der Waals surface area contributed by atoms with Crippen molar-refractivity contribution in [2.45, 2.75) is 77.5 Å². The van der Waals surface area contributed by atoms with Crippen molar-refractivity contribution in [2.24, 2.45) is 11.7 Å². The lowest BCUT2D eigenvalue weighted by atomic mass is 10.0.